The lowest BCUT2D eigenvalue weighted by Crippen LogP contribution is -2.29. The van der Waals surface area contributed by atoms with Gasteiger partial charge in [-0.15, -0.1) is 5.10 Å². The molecule has 130 valence electrons. The Kier molecular flexibility index (Phi) is 4.69. The molecule has 0 aliphatic heterocycles. The van der Waals surface area contributed by atoms with Crippen LogP contribution in [-0.4, -0.2) is 49.8 Å². The Hall–Kier alpha value is -1.80. The largest absolute Gasteiger partial charge is 0.467 e. The van der Waals surface area contributed by atoms with Crippen LogP contribution in [0.3, 0.4) is 0 Å². The summed E-state index contributed by atoms with van der Waals surface area (Å²) in [5.74, 6) is -2.96. The van der Waals surface area contributed by atoms with E-state index in [9.17, 15) is 19.1 Å². The van der Waals surface area contributed by atoms with E-state index < -0.39 is 25.5 Å². The molecule has 24 heavy (non-hydrogen) atoms. The molecular weight excluding hydrogens is 337 g/mol. The highest BCUT2D eigenvalue weighted by Gasteiger charge is 2.41. The van der Waals surface area contributed by atoms with Crippen LogP contribution in [-0.2, 0) is 18.8 Å². The summed E-state index contributed by atoms with van der Waals surface area (Å²) >= 11 is 0. The van der Waals surface area contributed by atoms with E-state index in [4.69, 9.17) is 4.74 Å². The van der Waals surface area contributed by atoms with Crippen LogP contribution in [0, 0.1) is 0 Å². The van der Waals surface area contributed by atoms with Crippen molar-refractivity contribution in [3.05, 3.63) is 24.3 Å². The Balaban J connectivity index is 1.73. The second-order valence-corrected chi connectivity index (χ2v) is 7.36. The maximum Gasteiger partial charge on any atom is 0.365 e. The number of fused-ring (bicyclic) bond motifs is 1. The summed E-state index contributed by atoms with van der Waals surface area (Å²) in [7, 11) is -3.69. The van der Waals surface area contributed by atoms with Gasteiger partial charge in [-0.05, 0) is 31.4 Å². The molecule has 0 saturated heterocycles. The zero-order valence-electron chi connectivity index (χ0n) is 13.0. The molecule has 2 N–H and O–H groups in total. The highest BCUT2D eigenvalue weighted by Crippen LogP contribution is 2.45. The summed E-state index contributed by atoms with van der Waals surface area (Å²) in [6, 6.07) is 7.55. The van der Waals surface area contributed by atoms with Gasteiger partial charge in [0, 0.05) is 0 Å². The van der Waals surface area contributed by atoms with Gasteiger partial charge < -0.3 is 19.3 Å². The van der Waals surface area contributed by atoms with Crippen LogP contribution in [0.5, 0.6) is 0 Å². The van der Waals surface area contributed by atoms with Gasteiger partial charge in [0.15, 0.2) is 0 Å². The van der Waals surface area contributed by atoms with Crippen LogP contribution in [0.15, 0.2) is 24.3 Å². The molecule has 0 radical (unpaired) electrons. The fraction of sp³-hybridized carbons (Fsp3) is 0.500. The third kappa shape index (κ3) is 3.34. The second kappa shape index (κ2) is 6.60. The molecule has 1 fully saturated rings. The third-order valence-corrected chi connectivity index (χ3v) is 5.05. The van der Waals surface area contributed by atoms with Crippen molar-refractivity contribution >= 4 is 24.6 Å². The number of ether oxygens (including phenoxy) is 2. The molecule has 2 aromatic rings. The monoisotopic (exact) mass is 355 g/mol. The number of benzene rings is 1. The predicted octanol–water partition coefficient (Wildman–Crippen LogP) is 1.22. The lowest BCUT2D eigenvalue weighted by molar-refractivity contribution is -0.152. The normalized spacial score (nSPS) is 22.6. The van der Waals surface area contributed by atoms with Gasteiger partial charge in [0.1, 0.15) is 5.52 Å². The van der Waals surface area contributed by atoms with E-state index in [1.165, 1.54) is 0 Å². The minimum absolute atomic E-state index is 0.00234. The molecule has 10 heteroatoms. The first-order valence-electron chi connectivity index (χ1n) is 7.48. The highest BCUT2D eigenvalue weighted by atomic mass is 31.2. The smallest absolute Gasteiger partial charge is 0.365 e. The average molecular weight is 355 g/mol. The van der Waals surface area contributed by atoms with Crippen molar-refractivity contribution in [2.45, 2.75) is 37.3 Å². The zero-order valence-corrected chi connectivity index (χ0v) is 13.9. The molecule has 1 heterocycles. The minimum atomic E-state index is -4.75. The van der Waals surface area contributed by atoms with Crippen molar-refractivity contribution in [3.63, 3.8) is 0 Å². The van der Waals surface area contributed by atoms with E-state index in [-0.39, 0.29) is 6.04 Å². The number of hydrogen-bond acceptors (Lipinski definition) is 6. The van der Waals surface area contributed by atoms with Crippen molar-refractivity contribution in [2.24, 2.45) is 0 Å². The van der Waals surface area contributed by atoms with Gasteiger partial charge in [0.25, 0.3) is 5.85 Å². The molecule has 0 bridgehead atoms. The van der Waals surface area contributed by atoms with Crippen molar-refractivity contribution < 1.29 is 28.6 Å². The number of carbonyl (C=O) groups excluding carboxylic acids is 1. The molecule has 1 aliphatic rings. The molecule has 0 spiro atoms. The summed E-state index contributed by atoms with van der Waals surface area (Å²) in [6.07, 6.45) is 1.30. The number of carbonyl (C=O) groups is 1. The number of para-hydroxylation sites is 1. The van der Waals surface area contributed by atoms with E-state index in [0.717, 1.165) is 18.1 Å². The lowest BCUT2D eigenvalue weighted by Gasteiger charge is -2.21. The molecular formula is C14H18N3O6P. The van der Waals surface area contributed by atoms with Gasteiger partial charge in [-0.1, -0.05) is 17.3 Å². The van der Waals surface area contributed by atoms with Crippen molar-refractivity contribution in [1.29, 1.82) is 0 Å². The molecule has 1 saturated carbocycles. The predicted molar refractivity (Wildman–Crippen MR) is 83.1 cm³/mol. The molecule has 1 aromatic carbocycles. The third-order valence-electron chi connectivity index (χ3n) is 4.11. The van der Waals surface area contributed by atoms with Crippen LogP contribution in [0.25, 0.3) is 11.0 Å². The Morgan fingerprint density at radius 2 is 2.12 bits per heavy atom. The Morgan fingerprint density at radius 1 is 1.38 bits per heavy atom. The topological polar surface area (TPSA) is 124 Å². The van der Waals surface area contributed by atoms with Crippen LogP contribution in [0.1, 0.15) is 25.3 Å². The van der Waals surface area contributed by atoms with E-state index in [1.807, 2.05) is 24.3 Å². The van der Waals surface area contributed by atoms with Gasteiger partial charge in [0.2, 0.25) is 0 Å². The maximum absolute atomic E-state index is 11.6. The number of methoxy groups -OCH3 is 1. The zero-order chi connectivity index (χ0) is 17.3. The van der Waals surface area contributed by atoms with Gasteiger partial charge >= 0.3 is 13.6 Å². The van der Waals surface area contributed by atoms with E-state index in [2.05, 4.69) is 15.0 Å². The molecule has 0 amide bonds. The molecule has 3 atom stereocenters. The van der Waals surface area contributed by atoms with Gasteiger partial charge in [0.05, 0.1) is 24.8 Å². The number of esters is 1. The van der Waals surface area contributed by atoms with Crippen LogP contribution in [0.4, 0.5) is 0 Å². The Labute approximate surface area is 137 Å². The van der Waals surface area contributed by atoms with Gasteiger partial charge in [-0.25, -0.2) is 9.48 Å². The van der Waals surface area contributed by atoms with Crippen LogP contribution < -0.4 is 0 Å². The summed E-state index contributed by atoms with van der Waals surface area (Å²) in [5.41, 5.74) is 1.67. The lowest BCUT2D eigenvalue weighted by atomic mass is 10.2. The number of nitrogens with zero attached hydrogens (tertiary/aromatic N) is 3. The Bertz CT molecular complexity index is 788. The summed E-state index contributed by atoms with van der Waals surface area (Å²) < 4.78 is 23.0. The summed E-state index contributed by atoms with van der Waals surface area (Å²) in [4.78, 5) is 30.1. The van der Waals surface area contributed by atoms with Crippen LogP contribution >= 0.6 is 7.60 Å². The number of hydrogen-bond donors (Lipinski definition) is 2. The van der Waals surface area contributed by atoms with E-state index in [0.29, 0.717) is 19.3 Å². The fourth-order valence-electron chi connectivity index (χ4n) is 2.98. The average Bonchev–Trinajstić information content (AvgIpc) is 3.17. The standard InChI is InChI=1S/C14H18N3O6P/c1-22-13(18)14(24(19,20)21)23-10-7-6-9(8-10)17-12-5-3-2-4-11(12)15-16-17/h2-5,9-10,14H,6-8H2,1H3,(H2,19,20,21)/t9?,10-,14?/m1/s1. The number of aromatic nitrogens is 3. The maximum atomic E-state index is 11.6. The van der Waals surface area contributed by atoms with Gasteiger partial charge in [-0.3, -0.25) is 4.57 Å². The molecule has 2 unspecified atom stereocenters. The first-order valence-corrected chi connectivity index (χ1v) is 9.16. The molecule has 3 rings (SSSR count). The van der Waals surface area contributed by atoms with E-state index in [1.54, 1.807) is 4.68 Å². The fourth-order valence-corrected chi connectivity index (χ4v) is 3.69. The molecule has 1 aromatic heterocycles. The first kappa shape index (κ1) is 17.0. The van der Waals surface area contributed by atoms with Crippen molar-refractivity contribution in [2.75, 3.05) is 7.11 Å². The van der Waals surface area contributed by atoms with Crippen molar-refractivity contribution in [1.82, 2.24) is 15.0 Å². The van der Waals surface area contributed by atoms with Crippen LogP contribution in [0.2, 0.25) is 0 Å². The first-order chi connectivity index (χ1) is 11.4. The Morgan fingerprint density at radius 3 is 2.83 bits per heavy atom. The molecule has 1 aliphatic carbocycles. The SMILES string of the molecule is COC(=O)C(O[C@@H]1CCC(n2nnc3ccccc32)C1)P(=O)(O)O. The quantitative estimate of drug-likeness (QED) is 0.606. The summed E-state index contributed by atoms with van der Waals surface area (Å²) in [5, 5.41) is 8.26. The number of rotatable bonds is 5. The highest BCUT2D eigenvalue weighted by molar-refractivity contribution is 7.53. The van der Waals surface area contributed by atoms with Crippen molar-refractivity contribution in [3.8, 4) is 0 Å². The second-order valence-electron chi connectivity index (χ2n) is 5.71. The summed E-state index contributed by atoms with van der Waals surface area (Å²) in [6.45, 7) is 0. The minimum Gasteiger partial charge on any atom is -0.467 e. The molecule has 9 nitrogen and oxygen atoms in total. The van der Waals surface area contributed by atoms with Gasteiger partial charge in [-0.2, -0.15) is 0 Å². The van der Waals surface area contributed by atoms with E-state index >= 15 is 0 Å².